The molecule has 2 unspecified atom stereocenters. The average molecular weight is 301 g/mol. The molecule has 2 atom stereocenters. The van der Waals surface area contributed by atoms with Crippen LogP contribution in [0.2, 0.25) is 0 Å². The molecule has 4 N–H and O–H groups in total. The largest absolute Gasteiger partial charge is 0.481 e. The fourth-order valence-electron chi connectivity index (χ4n) is 1.43. The van der Waals surface area contributed by atoms with Crippen LogP contribution >= 0.6 is 0 Å². The lowest BCUT2D eigenvalue weighted by molar-refractivity contribution is -0.147. The molecule has 0 heterocycles. The fraction of sp³-hybridized carbons (Fsp3) is 0.786. The first-order chi connectivity index (χ1) is 9.75. The Kier molecular flexibility index (Phi) is 8.42. The average Bonchev–Trinajstić information content (AvgIpc) is 2.44. The summed E-state index contributed by atoms with van der Waals surface area (Å²) < 4.78 is 0. The van der Waals surface area contributed by atoms with E-state index in [0.717, 1.165) is 6.42 Å². The van der Waals surface area contributed by atoms with Crippen molar-refractivity contribution in [3.63, 3.8) is 0 Å². The van der Waals surface area contributed by atoms with E-state index in [1.807, 2.05) is 13.8 Å². The molecule has 0 aliphatic heterocycles. The summed E-state index contributed by atoms with van der Waals surface area (Å²) in [4.78, 5) is 34.1. The molecular weight excluding hydrogens is 274 g/mol. The number of nitrogens with one attached hydrogen (secondary N) is 3. The third kappa shape index (κ3) is 7.53. The van der Waals surface area contributed by atoms with Gasteiger partial charge in [-0.2, -0.15) is 0 Å². The summed E-state index contributed by atoms with van der Waals surface area (Å²) in [6, 6.07) is -0.348. The Hall–Kier alpha value is -1.79. The van der Waals surface area contributed by atoms with Gasteiger partial charge in [0.15, 0.2) is 0 Å². The maximum Gasteiger partial charge on any atom is 0.314 e. The summed E-state index contributed by atoms with van der Waals surface area (Å²) in [7, 11) is 0. The van der Waals surface area contributed by atoms with Crippen LogP contribution in [0.3, 0.4) is 0 Å². The molecule has 0 aromatic rings. The molecule has 0 aromatic carbocycles. The van der Waals surface area contributed by atoms with E-state index < -0.39 is 17.4 Å². The Bertz CT molecular complexity index is 373. The molecule has 0 radical (unpaired) electrons. The van der Waals surface area contributed by atoms with Crippen molar-refractivity contribution >= 4 is 17.9 Å². The third-order valence-electron chi connectivity index (χ3n) is 3.59. The van der Waals surface area contributed by atoms with Crippen molar-refractivity contribution < 1.29 is 19.5 Å². The molecular formula is C14H27N3O4. The highest BCUT2D eigenvalue weighted by atomic mass is 16.4. The minimum atomic E-state index is -0.981. The molecule has 7 nitrogen and oxygen atoms in total. The van der Waals surface area contributed by atoms with E-state index in [-0.39, 0.29) is 31.5 Å². The van der Waals surface area contributed by atoms with Crippen LogP contribution < -0.4 is 16.0 Å². The number of hydrogen-bond acceptors (Lipinski definition) is 3. The van der Waals surface area contributed by atoms with Gasteiger partial charge in [-0.3, -0.25) is 9.59 Å². The minimum Gasteiger partial charge on any atom is -0.481 e. The smallest absolute Gasteiger partial charge is 0.314 e. The van der Waals surface area contributed by atoms with Crippen LogP contribution in [0.25, 0.3) is 0 Å². The van der Waals surface area contributed by atoms with Crippen LogP contribution in [0, 0.1) is 5.41 Å². The quantitative estimate of drug-likeness (QED) is 0.511. The van der Waals surface area contributed by atoms with E-state index in [9.17, 15) is 14.4 Å². The van der Waals surface area contributed by atoms with E-state index in [1.54, 1.807) is 13.8 Å². The minimum absolute atomic E-state index is 0.0454. The number of hydrogen-bond donors (Lipinski definition) is 4. The Morgan fingerprint density at radius 3 is 2.29 bits per heavy atom. The first kappa shape index (κ1) is 19.2. The summed E-state index contributed by atoms with van der Waals surface area (Å²) in [6.07, 6.45) is 1.46. The molecule has 7 heteroatoms. The van der Waals surface area contributed by atoms with E-state index in [4.69, 9.17) is 5.11 Å². The van der Waals surface area contributed by atoms with Crippen molar-refractivity contribution in [2.75, 3.05) is 13.1 Å². The normalized spacial score (nSPS) is 14.7. The number of carboxylic acid groups (broad SMARTS) is 1. The number of rotatable bonds is 9. The highest BCUT2D eigenvalue weighted by molar-refractivity contribution is 5.79. The van der Waals surface area contributed by atoms with Gasteiger partial charge in [-0.05, 0) is 26.7 Å². The molecule has 0 spiro atoms. The number of amides is 3. The van der Waals surface area contributed by atoms with Gasteiger partial charge in [0.05, 0.1) is 5.41 Å². The van der Waals surface area contributed by atoms with Crippen LogP contribution in [-0.2, 0) is 9.59 Å². The summed E-state index contributed by atoms with van der Waals surface area (Å²) in [6.45, 7) is 7.48. The lowest BCUT2D eigenvalue weighted by atomic mass is 9.88. The Morgan fingerprint density at radius 1 is 1.19 bits per heavy atom. The second-order valence-corrected chi connectivity index (χ2v) is 5.46. The molecule has 0 fully saturated rings. The van der Waals surface area contributed by atoms with Gasteiger partial charge in [-0.1, -0.05) is 13.8 Å². The van der Waals surface area contributed by atoms with Gasteiger partial charge >= 0.3 is 12.0 Å². The highest BCUT2D eigenvalue weighted by Gasteiger charge is 2.31. The molecule has 0 rings (SSSR count). The SMILES string of the molecule is CCC(C)NC(=O)CCNC(=O)NCC(C)(CC)C(=O)O. The zero-order valence-electron chi connectivity index (χ0n) is 13.3. The Labute approximate surface area is 125 Å². The molecule has 0 bridgehead atoms. The molecule has 122 valence electrons. The van der Waals surface area contributed by atoms with Crippen LogP contribution in [-0.4, -0.2) is 42.1 Å². The molecule has 0 saturated carbocycles. The van der Waals surface area contributed by atoms with Crippen LogP contribution in [0.1, 0.15) is 47.0 Å². The van der Waals surface area contributed by atoms with E-state index >= 15 is 0 Å². The second-order valence-electron chi connectivity index (χ2n) is 5.46. The standard InChI is InChI=1S/C14H27N3O4/c1-5-10(3)17-11(18)7-8-15-13(21)16-9-14(4,6-2)12(19)20/h10H,5-9H2,1-4H3,(H,17,18)(H,19,20)(H2,15,16,21). The fourth-order valence-corrected chi connectivity index (χ4v) is 1.43. The molecule has 3 amide bonds. The van der Waals surface area contributed by atoms with Crippen LogP contribution in [0.4, 0.5) is 4.79 Å². The van der Waals surface area contributed by atoms with Crippen molar-refractivity contribution in [2.24, 2.45) is 5.41 Å². The molecule has 21 heavy (non-hydrogen) atoms. The number of urea groups is 1. The zero-order chi connectivity index (χ0) is 16.5. The van der Waals surface area contributed by atoms with Gasteiger partial charge in [0.25, 0.3) is 0 Å². The summed E-state index contributed by atoms with van der Waals surface area (Å²) in [5.41, 5.74) is -0.981. The van der Waals surface area contributed by atoms with Crippen molar-refractivity contribution in [1.82, 2.24) is 16.0 Å². The lowest BCUT2D eigenvalue weighted by Crippen LogP contribution is -2.45. The van der Waals surface area contributed by atoms with E-state index in [1.165, 1.54) is 0 Å². The monoisotopic (exact) mass is 301 g/mol. The summed E-state index contributed by atoms with van der Waals surface area (Å²) >= 11 is 0. The van der Waals surface area contributed by atoms with E-state index in [2.05, 4.69) is 16.0 Å². The predicted molar refractivity (Wildman–Crippen MR) is 79.9 cm³/mol. The lowest BCUT2D eigenvalue weighted by Gasteiger charge is -2.23. The maximum absolute atomic E-state index is 11.5. The van der Waals surface area contributed by atoms with Gasteiger partial charge in [-0.15, -0.1) is 0 Å². The van der Waals surface area contributed by atoms with Crippen molar-refractivity contribution in [2.45, 2.75) is 53.0 Å². The Morgan fingerprint density at radius 2 is 1.81 bits per heavy atom. The number of carbonyl (C=O) groups excluding carboxylic acids is 2. The Balaban J connectivity index is 3.96. The number of carboxylic acids is 1. The zero-order valence-corrected chi connectivity index (χ0v) is 13.3. The topological polar surface area (TPSA) is 108 Å². The number of aliphatic carboxylic acids is 1. The molecule has 0 saturated heterocycles. The van der Waals surface area contributed by atoms with Gasteiger partial charge in [0.2, 0.25) is 5.91 Å². The second kappa shape index (κ2) is 9.20. The maximum atomic E-state index is 11.5. The van der Waals surface area contributed by atoms with Gasteiger partial charge in [-0.25, -0.2) is 4.79 Å². The summed E-state index contributed by atoms with van der Waals surface area (Å²) in [5.74, 6) is -1.06. The van der Waals surface area contributed by atoms with Crippen molar-refractivity contribution in [1.29, 1.82) is 0 Å². The van der Waals surface area contributed by atoms with Gasteiger partial charge < -0.3 is 21.1 Å². The van der Waals surface area contributed by atoms with Crippen molar-refractivity contribution in [3.8, 4) is 0 Å². The van der Waals surface area contributed by atoms with Crippen LogP contribution in [0.15, 0.2) is 0 Å². The summed E-state index contributed by atoms with van der Waals surface area (Å²) in [5, 5.41) is 16.9. The highest BCUT2D eigenvalue weighted by Crippen LogP contribution is 2.19. The van der Waals surface area contributed by atoms with Crippen LogP contribution in [0.5, 0.6) is 0 Å². The van der Waals surface area contributed by atoms with Gasteiger partial charge in [0.1, 0.15) is 0 Å². The molecule has 0 aliphatic carbocycles. The molecule has 0 aliphatic rings. The van der Waals surface area contributed by atoms with E-state index in [0.29, 0.717) is 6.42 Å². The first-order valence-corrected chi connectivity index (χ1v) is 7.29. The third-order valence-corrected chi connectivity index (χ3v) is 3.59. The van der Waals surface area contributed by atoms with Crippen molar-refractivity contribution in [3.05, 3.63) is 0 Å². The first-order valence-electron chi connectivity index (χ1n) is 7.29. The predicted octanol–water partition coefficient (Wildman–Crippen LogP) is 1.09. The molecule has 0 aromatic heterocycles. The number of carbonyl (C=O) groups is 3. The van der Waals surface area contributed by atoms with Gasteiger partial charge in [0, 0.05) is 25.6 Å².